The van der Waals surface area contributed by atoms with Crippen LogP contribution in [0.15, 0.2) is 42.5 Å². The van der Waals surface area contributed by atoms with E-state index in [9.17, 15) is 9.18 Å². The number of halogens is 1. The predicted octanol–water partition coefficient (Wildman–Crippen LogP) is 3.99. The molecule has 1 saturated heterocycles. The van der Waals surface area contributed by atoms with E-state index >= 15 is 0 Å². The molecule has 5 nitrogen and oxygen atoms in total. The monoisotopic (exact) mass is 415 g/mol. The first-order valence-corrected chi connectivity index (χ1v) is 10.3. The van der Waals surface area contributed by atoms with Gasteiger partial charge in [-0.05, 0) is 55.5 Å². The molecule has 1 atom stereocenters. The Bertz CT molecular complexity index is 847. The van der Waals surface area contributed by atoms with E-state index in [0.29, 0.717) is 50.4 Å². The number of hydrogen-bond acceptors (Lipinski definition) is 4. The number of hydrogen-bond donors (Lipinski definition) is 1. The van der Waals surface area contributed by atoms with Gasteiger partial charge in [0.25, 0.3) is 0 Å². The number of amides is 1. The van der Waals surface area contributed by atoms with Gasteiger partial charge in [-0.25, -0.2) is 4.39 Å². The second kappa shape index (κ2) is 10.0. The third kappa shape index (κ3) is 5.18. The van der Waals surface area contributed by atoms with Crippen LogP contribution in [0.4, 0.5) is 4.39 Å². The van der Waals surface area contributed by atoms with Gasteiger partial charge >= 0.3 is 0 Å². The molecule has 0 bridgehead atoms. The molecule has 0 saturated carbocycles. The lowest BCUT2D eigenvalue weighted by Gasteiger charge is -2.37. The van der Waals surface area contributed by atoms with Crippen molar-refractivity contribution in [1.82, 2.24) is 5.32 Å². The first-order valence-electron chi connectivity index (χ1n) is 10.3. The SMILES string of the molecule is COC[C@H](C)NC(=O)C1(Cc2ccc(-c3cc(F)ccc3OC)cc2)CCOCC1. The fourth-order valence-electron chi connectivity index (χ4n) is 4.01. The molecule has 0 unspecified atom stereocenters. The molecule has 162 valence electrons. The maximum atomic E-state index is 13.7. The number of ether oxygens (including phenoxy) is 3. The molecule has 1 aliphatic rings. The highest BCUT2D eigenvalue weighted by Crippen LogP contribution is 2.36. The summed E-state index contributed by atoms with van der Waals surface area (Å²) in [7, 11) is 3.20. The Labute approximate surface area is 177 Å². The molecule has 0 aromatic heterocycles. The van der Waals surface area contributed by atoms with E-state index in [0.717, 1.165) is 11.1 Å². The van der Waals surface area contributed by atoms with Crippen molar-refractivity contribution in [3.05, 3.63) is 53.8 Å². The molecule has 2 aromatic rings. The molecule has 0 aliphatic carbocycles. The molecule has 1 aliphatic heterocycles. The van der Waals surface area contributed by atoms with E-state index in [-0.39, 0.29) is 17.8 Å². The van der Waals surface area contributed by atoms with E-state index in [1.165, 1.54) is 12.1 Å². The van der Waals surface area contributed by atoms with Gasteiger partial charge in [0.1, 0.15) is 11.6 Å². The Balaban J connectivity index is 1.80. The molecular weight excluding hydrogens is 385 g/mol. The summed E-state index contributed by atoms with van der Waals surface area (Å²) in [6.45, 7) is 3.56. The molecule has 1 N–H and O–H groups in total. The van der Waals surface area contributed by atoms with E-state index in [1.54, 1.807) is 20.3 Å². The van der Waals surface area contributed by atoms with Gasteiger partial charge in [0.2, 0.25) is 5.91 Å². The van der Waals surface area contributed by atoms with Gasteiger partial charge in [0.05, 0.1) is 19.1 Å². The molecule has 0 radical (unpaired) electrons. The number of nitrogens with one attached hydrogen (secondary N) is 1. The van der Waals surface area contributed by atoms with Crippen LogP contribution in [-0.4, -0.2) is 46.0 Å². The zero-order valence-electron chi connectivity index (χ0n) is 17.9. The minimum absolute atomic E-state index is 0.0474. The van der Waals surface area contributed by atoms with Gasteiger partial charge in [0.15, 0.2) is 0 Å². The number of rotatable bonds is 8. The van der Waals surface area contributed by atoms with E-state index in [2.05, 4.69) is 5.32 Å². The second-order valence-electron chi connectivity index (χ2n) is 7.94. The summed E-state index contributed by atoms with van der Waals surface area (Å²) < 4.78 is 29.8. The molecule has 1 amide bonds. The summed E-state index contributed by atoms with van der Waals surface area (Å²) in [5.74, 6) is 0.362. The third-order valence-corrected chi connectivity index (χ3v) is 5.69. The zero-order chi connectivity index (χ0) is 21.6. The van der Waals surface area contributed by atoms with Crippen molar-refractivity contribution in [2.45, 2.75) is 32.2 Å². The van der Waals surface area contributed by atoms with Crippen LogP contribution in [0.1, 0.15) is 25.3 Å². The lowest BCUT2D eigenvalue weighted by molar-refractivity contribution is -0.137. The maximum Gasteiger partial charge on any atom is 0.227 e. The summed E-state index contributed by atoms with van der Waals surface area (Å²) >= 11 is 0. The first-order chi connectivity index (χ1) is 14.5. The van der Waals surface area contributed by atoms with E-state index in [1.807, 2.05) is 31.2 Å². The van der Waals surface area contributed by atoms with Crippen LogP contribution in [0.5, 0.6) is 5.75 Å². The average molecular weight is 416 g/mol. The molecule has 1 heterocycles. The Morgan fingerprint density at radius 3 is 2.50 bits per heavy atom. The summed E-state index contributed by atoms with van der Waals surface area (Å²) in [5, 5.41) is 3.09. The molecule has 2 aromatic carbocycles. The summed E-state index contributed by atoms with van der Waals surface area (Å²) in [6.07, 6.45) is 1.98. The zero-order valence-corrected chi connectivity index (χ0v) is 17.9. The highest BCUT2D eigenvalue weighted by molar-refractivity contribution is 5.83. The minimum Gasteiger partial charge on any atom is -0.496 e. The largest absolute Gasteiger partial charge is 0.496 e. The lowest BCUT2D eigenvalue weighted by Crippen LogP contribution is -2.49. The summed E-state index contributed by atoms with van der Waals surface area (Å²) in [6, 6.07) is 12.3. The number of carbonyl (C=O) groups is 1. The second-order valence-corrected chi connectivity index (χ2v) is 7.94. The average Bonchev–Trinajstić information content (AvgIpc) is 2.75. The smallest absolute Gasteiger partial charge is 0.227 e. The fraction of sp³-hybridized carbons (Fsp3) is 0.458. The van der Waals surface area contributed by atoms with E-state index in [4.69, 9.17) is 14.2 Å². The van der Waals surface area contributed by atoms with Crippen LogP contribution in [-0.2, 0) is 20.7 Å². The Kier molecular flexibility index (Phi) is 7.45. The van der Waals surface area contributed by atoms with Crippen molar-refractivity contribution in [3.8, 4) is 16.9 Å². The number of benzene rings is 2. The molecule has 3 rings (SSSR count). The van der Waals surface area contributed by atoms with Gasteiger partial charge < -0.3 is 19.5 Å². The Morgan fingerprint density at radius 2 is 1.87 bits per heavy atom. The predicted molar refractivity (Wildman–Crippen MR) is 114 cm³/mol. The molecule has 0 spiro atoms. The number of methoxy groups -OCH3 is 2. The van der Waals surface area contributed by atoms with Crippen molar-refractivity contribution in [3.63, 3.8) is 0 Å². The lowest BCUT2D eigenvalue weighted by atomic mass is 9.74. The van der Waals surface area contributed by atoms with Crippen LogP contribution < -0.4 is 10.1 Å². The van der Waals surface area contributed by atoms with Crippen molar-refractivity contribution in [2.75, 3.05) is 34.0 Å². The van der Waals surface area contributed by atoms with Crippen molar-refractivity contribution in [2.24, 2.45) is 5.41 Å². The number of carbonyl (C=O) groups excluding carboxylic acids is 1. The van der Waals surface area contributed by atoms with Gasteiger partial charge in [-0.1, -0.05) is 24.3 Å². The van der Waals surface area contributed by atoms with Crippen LogP contribution in [0.3, 0.4) is 0 Å². The van der Waals surface area contributed by atoms with Crippen molar-refractivity contribution in [1.29, 1.82) is 0 Å². The summed E-state index contributed by atoms with van der Waals surface area (Å²) in [4.78, 5) is 13.1. The topological polar surface area (TPSA) is 56.8 Å². The van der Waals surface area contributed by atoms with Crippen molar-refractivity contribution < 1.29 is 23.4 Å². The van der Waals surface area contributed by atoms with Crippen LogP contribution >= 0.6 is 0 Å². The van der Waals surface area contributed by atoms with Gasteiger partial charge in [-0.3, -0.25) is 4.79 Å². The normalized spacial score (nSPS) is 16.7. The summed E-state index contributed by atoms with van der Waals surface area (Å²) in [5.41, 5.74) is 2.13. The molecular formula is C24H30FNO4. The Hall–Kier alpha value is -2.44. The first kappa shape index (κ1) is 22.2. The standard InChI is InChI=1S/C24H30FNO4/c1-17(16-28-2)26-23(27)24(10-12-30-13-11-24)15-18-4-6-19(7-5-18)21-14-20(25)8-9-22(21)29-3/h4-9,14,17H,10-13,15-16H2,1-3H3,(H,26,27)/t17-/m0/s1. The highest BCUT2D eigenvalue weighted by atomic mass is 19.1. The molecule has 1 fully saturated rings. The maximum absolute atomic E-state index is 13.7. The Morgan fingerprint density at radius 1 is 1.17 bits per heavy atom. The quantitative estimate of drug-likeness (QED) is 0.708. The third-order valence-electron chi connectivity index (χ3n) is 5.69. The highest BCUT2D eigenvalue weighted by Gasteiger charge is 2.40. The van der Waals surface area contributed by atoms with Crippen molar-refractivity contribution >= 4 is 5.91 Å². The fourth-order valence-corrected chi connectivity index (χ4v) is 4.01. The van der Waals surface area contributed by atoms with Crippen LogP contribution in [0.2, 0.25) is 0 Å². The van der Waals surface area contributed by atoms with Crippen LogP contribution in [0, 0.1) is 11.2 Å². The van der Waals surface area contributed by atoms with Gasteiger partial charge in [0, 0.05) is 31.9 Å². The minimum atomic E-state index is -0.502. The molecule has 6 heteroatoms. The van der Waals surface area contributed by atoms with Gasteiger partial charge in [-0.2, -0.15) is 0 Å². The molecule has 30 heavy (non-hydrogen) atoms. The van der Waals surface area contributed by atoms with E-state index < -0.39 is 5.41 Å². The van der Waals surface area contributed by atoms with Gasteiger partial charge in [-0.15, -0.1) is 0 Å². The van der Waals surface area contributed by atoms with Crippen LogP contribution in [0.25, 0.3) is 11.1 Å².